The zero-order chi connectivity index (χ0) is 14.7. The van der Waals surface area contributed by atoms with Gasteiger partial charge >= 0.3 is 0 Å². The van der Waals surface area contributed by atoms with Gasteiger partial charge in [-0.3, -0.25) is 9.69 Å². The van der Waals surface area contributed by atoms with Crippen LogP contribution in [-0.4, -0.2) is 30.4 Å². The van der Waals surface area contributed by atoms with Crippen LogP contribution in [0, 0.1) is 0 Å². The monoisotopic (exact) mass is 388 g/mol. The van der Waals surface area contributed by atoms with E-state index >= 15 is 0 Å². The quantitative estimate of drug-likeness (QED) is 0.848. The third-order valence-electron chi connectivity index (χ3n) is 3.71. The molecule has 2 aromatic rings. The minimum atomic E-state index is -0.212. The summed E-state index contributed by atoms with van der Waals surface area (Å²) in [6.45, 7) is 2.58. The van der Waals surface area contributed by atoms with Crippen molar-refractivity contribution in [3.05, 3.63) is 46.7 Å². The Morgan fingerprint density at radius 3 is 2.68 bits per heavy atom. The maximum atomic E-state index is 12.1. The normalized spacial score (nSPS) is 16.2. The van der Waals surface area contributed by atoms with E-state index in [0.717, 1.165) is 18.8 Å². The summed E-state index contributed by atoms with van der Waals surface area (Å²) in [6.07, 6.45) is 4.05. The molecule has 0 saturated carbocycles. The van der Waals surface area contributed by atoms with Crippen LogP contribution in [0.4, 0.5) is 0 Å². The van der Waals surface area contributed by atoms with E-state index in [1.807, 2.05) is 12.1 Å². The van der Waals surface area contributed by atoms with E-state index in [9.17, 15) is 4.79 Å². The van der Waals surface area contributed by atoms with Crippen molar-refractivity contribution in [1.29, 1.82) is 0 Å². The number of nitrogens with zero attached hydrogens (tertiary/aromatic N) is 1. The summed E-state index contributed by atoms with van der Waals surface area (Å²) in [7, 11) is 0. The molecule has 22 heavy (non-hydrogen) atoms. The van der Waals surface area contributed by atoms with Crippen molar-refractivity contribution in [2.45, 2.75) is 18.9 Å². The number of hydrogen-bond donors (Lipinski definition) is 1. The Labute approximate surface area is 143 Å². The van der Waals surface area contributed by atoms with Crippen LogP contribution in [0.15, 0.2) is 44.0 Å². The molecule has 5 nitrogen and oxygen atoms in total. The molecule has 0 bridgehead atoms. The molecule has 0 aliphatic carbocycles. The smallest absolute Gasteiger partial charge is 0.287 e. The molecule has 7 heteroatoms. The van der Waals surface area contributed by atoms with Gasteiger partial charge in [-0.15, -0.1) is 12.4 Å². The first-order chi connectivity index (χ1) is 10.2. The van der Waals surface area contributed by atoms with E-state index in [1.165, 1.54) is 12.8 Å². The van der Waals surface area contributed by atoms with Gasteiger partial charge in [0.15, 0.2) is 10.4 Å². The van der Waals surface area contributed by atoms with Gasteiger partial charge in [0.25, 0.3) is 5.91 Å². The molecule has 1 saturated heterocycles. The fourth-order valence-corrected chi connectivity index (χ4v) is 2.96. The zero-order valence-corrected chi connectivity index (χ0v) is 14.4. The van der Waals surface area contributed by atoms with E-state index in [4.69, 9.17) is 8.83 Å². The summed E-state index contributed by atoms with van der Waals surface area (Å²) in [5.74, 6) is 0.982. The molecule has 3 heterocycles. The van der Waals surface area contributed by atoms with E-state index in [0.29, 0.717) is 17.0 Å². The maximum absolute atomic E-state index is 12.1. The summed E-state index contributed by atoms with van der Waals surface area (Å²) >= 11 is 3.20. The number of furan rings is 2. The van der Waals surface area contributed by atoms with E-state index in [1.54, 1.807) is 18.4 Å². The fourth-order valence-electron chi connectivity index (χ4n) is 2.66. The number of rotatable bonds is 5. The predicted octanol–water partition coefficient (Wildman–Crippen LogP) is 3.62. The molecule has 120 valence electrons. The molecule has 3 rings (SSSR count). The standard InChI is InChI=1S/C15H17BrN2O3.ClH/c16-14-6-5-13(21-14)15(19)17-10-11(12-4-3-9-20-12)18-7-1-2-8-18;/h3-6,9,11H,1-2,7-8,10H2,(H,17,19);1H. The molecule has 0 aromatic carbocycles. The third kappa shape index (κ3) is 3.94. The highest BCUT2D eigenvalue weighted by Gasteiger charge is 2.26. The highest BCUT2D eigenvalue weighted by molar-refractivity contribution is 9.10. The summed E-state index contributed by atoms with van der Waals surface area (Å²) in [5, 5.41) is 2.92. The Kier molecular flexibility index (Phi) is 6.11. The lowest BCUT2D eigenvalue weighted by Crippen LogP contribution is -2.36. The predicted molar refractivity (Wildman–Crippen MR) is 88.2 cm³/mol. The average molecular weight is 390 g/mol. The van der Waals surface area contributed by atoms with Gasteiger partial charge in [0.05, 0.1) is 12.3 Å². The highest BCUT2D eigenvalue weighted by atomic mass is 79.9. The van der Waals surface area contributed by atoms with Crippen LogP contribution in [0.3, 0.4) is 0 Å². The molecule has 1 aliphatic rings. The molecular formula is C15H18BrClN2O3. The van der Waals surface area contributed by atoms with Gasteiger partial charge in [-0.2, -0.15) is 0 Å². The number of likely N-dealkylation sites (tertiary alicyclic amines) is 1. The van der Waals surface area contributed by atoms with Crippen LogP contribution in [0.25, 0.3) is 0 Å². The first kappa shape index (κ1) is 17.1. The van der Waals surface area contributed by atoms with Crippen molar-refractivity contribution in [3.8, 4) is 0 Å². The lowest BCUT2D eigenvalue weighted by molar-refractivity contribution is 0.0905. The molecule has 1 unspecified atom stereocenters. The molecule has 1 aliphatic heterocycles. The molecular weight excluding hydrogens is 372 g/mol. The Balaban J connectivity index is 0.00000176. The van der Waals surface area contributed by atoms with Gasteiger partial charge in [-0.25, -0.2) is 0 Å². The summed E-state index contributed by atoms with van der Waals surface area (Å²) in [6, 6.07) is 7.27. The molecule has 0 spiro atoms. The van der Waals surface area contributed by atoms with E-state index in [-0.39, 0.29) is 24.4 Å². The molecule has 0 radical (unpaired) electrons. The van der Waals surface area contributed by atoms with Gasteiger partial charge < -0.3 is 14.2 Å². The zero-order valence-electron chi connectivity index (χ0n) is 12.0. The first-order valence-electron chi connectivity index (χ1n) is 7.05. The van der Waals surface area contributed by atoms with Crippen molar-refractivity contribution in [2.75, 3.05) is 19.6 Å². The second-order valence-electron chi connectivity index (χ2n) is 5.09. The Morgan fingerprint density at radius 2 is 2.09 bits per heavy atom. The lowest BCUT2D eigenvalue weighted by Gasteiger charge is -2.25. The maximum Gasteiger partial charge on any atom is 0.287 e. The number of carbonyl (C=O) groups is 1. The number of hydrogen-bond acceptors (Lipinski definition) is 4. The van der Waals surface area contributed by atoms with Crippen LogP contribution in [-0.2, 0) is 0 Å². The molecule has 1 amide bonds. The van der Waals surface area contributed by atoms with Crippen LogP contribution in [0.5, 0.6) is 0 Å². The molecule has 1 fully saturated rings. The third-order valence-corrected chi connectivity index (χ3v) is 4.13. The van der Waals surface area contributed by atoms with Crippen molar-refractivity contribution >= 4 is 34.2 Å². The summed E-state index contributed by atoms with van der Waals surface area (Å²) < 4.78 is 11.3. The number of halogens is 2. The van der Waals surface area contributed by atoms with Crippen LogP contribution in [0.1, 0.15) is 35.2 Å². The fraction of sp³-hybridized carbons (Fsp3) is 0.400. The van der Waals surface area contributed by atoms with E-state index in [2.05, 4.69) is 26.1 Å². The number of carbonyl (C=O) groups excluding carboxylic acids is 1. The minimum Gasteiger partial charge on any atom is -0.468 e. The topological polar surface area (TPSA) is 58.6 Å². The highest BCUT2D eigenvalue weighted by Crippen LogP contribution is 2.25. The van der Waals surface area contributed by atoms with Gasteiger partial charge in [0.2, 0.25) is 0 Å². The molecule has 1 N–H and O–H groups in total. The largest absolute Gasteiger partial charge is 0.468 e. The molecule has 1 atom stereocenters. The minimum absolute atomic E-state index is 0. The molecule has 2 aromatic heterocycles. The van der Waals surface area contributed by atoms with Gasteiger partial charge in [-0.1, -0.05) is 0 Å². The van der Waals surface area contributed by atoms with Crippen molar-refractivity contribution < 1.29 is 13.6 Å². The van der Waals surface area contributed by atoms with Crippen molar-refractivity contribution in [2.24, 2.45) is 0 Å². The summed E-state index contributed by atoms with van der Waals surface area (Å²) in [4.78, 5) is 14.4. The number of amides is 1. The Hall–Kier alpha value is -1.24. The first-order valence-corrected chi connectivity index (χ1v) is 7.84. The van der Waals surface area contributed by atoms with Crippen LogP contribution < -0.4 is 5.32 Å². The Bertz CT molecular complexity index is 594. The number of nitrogens with one attached hydrogen (secondary N) is 1. The SMILES string of the molecule is Cl.O=C(NCC(c1ccco1)N1CCCC1)c1ccc(Br)o1. The lowest BCUT2D eigenvalue weighted by atomic mass is 10.2. The van der Waals surface area contributed by atoms with Crippen molar-refractivity contribution in [3.63, 3.8) is 0 Å². The second kappa shape index (κ2) is 7.85. The summed E-state index contributed by atoms with van der Waals surface area (Å²) in [5.41, 5.74) is 0. The average Bonchev–Trinajstić information content (AvgIpc) is 3.21. The van der Waals surface area contributed by atoms with Gasteiger partial charge in [0, 0.05) is 6.54 Å². The van der Waals surface area contributed by atoms with Crippen LogP contribution in [0.2, 0.25) is 0 Å². The van der Waals surface area contributed by atoms with Gasteiger partial charge in [0.1, 0.15) is 5.76 Å². The Morgan fingerprint density at radius 1 is 1.32 bits per heavy atom. The van der Waals surface area contributed by atoms with Gasteiger partial charge in [-0.05, 0) is 66.1 Å². The second-order valence-corrected chi connectivity index (χ2v) is 5.87. The van der Waals surface area contributed by atoms with Crippen molar-refractivity contribution in [1.82, 2.24) is 10.2 Å². The van der Waals surface area contributed by atoms with E-state index < -0.39 is 0 Å². The van der Waals surface area contributed by atoms with Crippen LogP contribution >= 0.6 is 28.3 Å².